The standard InChI is InChI=1S/C8H14N4S/c1-12(2)8(9)13-6-3-7-10-4-5-11-7/h4-5,9H,3,6H2,1-2H3,(H,10,11). The molecule has 0 saturated carbocycles. The van der Waals surface area contributed by atoms with Gasteiger partial charge in [0.2, 0.25) is 0 Å². The Bertz CT molecular complexity index is 255. The van der Waals surface area contributed by atoms with E-state index in [0.29, 0.717) is 5.17 Å². The van der Waals surface area contributed by atoms with E-state index in [1.165, 1.54) is 11.8 Å². The smallest absolute Gasteiger partial charge is 0.155 e. The zero-order valence-corrected chi connectivity index (χ0v) is 8.69. The Labute approximate surface area is 82.3 Å². The number of H-pyrrole nitrogens is 1. The number of imidazole rings is 1. The van der Waals surface area contributed by atoms with Crippen molar-refractivity contribution in [2.24, 2.45) is 0 Å². The topological polar surface area (TPSA) is 55.8 Å². The van der Waals surface area contributed by atoms with E-state index in [2.05, 4.69) is 9.97 Å². The predicted octanol–water partition coefficient (Wildman–Crippen LogP) is 1.18. The molecule has 0 radical (unpaired) electrons. The fraction of sp³-hybridized carbons (Fsp3) is 0.500. The Kier molecular flexibility index (Phi) is 3.82. The first-order valence-electron chi connectivity index (χ1n) is 4.07. The van der Waals surface area contributed by atoms with Crippen molar-refractivity contribution in [3.05, 3.63) is 18.2 Å². The second-order valence-corrected chi connectivity index (χ2v) is 3.92. The summed E-state index contributed by atoms with van der Waals surface area (Å²) in [6.07, 6.45) is 4.45. The molecule has 72 valence electrons. The first kappa shape index (κ1) is 10.1. The van der Waals surface area contributed by atoms with Gasteiger partial charge in [0.25, 0.3) is 0 Å². The number of aromatic nitrogens is 2. The van der Waals surface area contributed by atoms with Crippen LogP contribution < -0.4 is 0 Å². The Hall–Kier alpha value is -0.970. The molecule has 0 unspecified atom stereocenters. The first-order chi connectivity index (χ1) is 6.20. The molecule has 0 aliphatic heterocycles. The molecule has 13 heavy (non-hydrogen) atoms. The van der Waals surface area contributed by atoms with Gasteiger partial charge in [-0.3, -0.25) is 5.41 Å². The molecule has 0 fully saturated rings. The van der Waals surface area contributed by atoms with Crippen molar-refractivity contribution >= 4 is 16.9 Å². The second kappa shape index (κ2) is 4.91. The van der Waals surface area contributed by atoms with Crippen LogP contribution in [-0.4, -0.2) is 39.9 Å². The molecule has 0 saturated heterocycles. The molecule has 0 atom stereocenters. The molecule has 1 aromatic rings. The van der Waals surface area contributed by atoms with Gasteiger partial charge in [0.1, 0.15) is 5.82 Å². The van der Waals surface area contributed by atoms with Crippen LogP contribution in [0.3, 0.4) is 0 Å². The second-order valence-electron chi connectivity index (χ2n) is 2.83. The van der Waals surface area contributed by atoms with E-state index in [1.54, 1.807) is 11.1 Å². The molecule has 1 aromatic heterocycles. The maximum Gasteiger partial charge on any atom is 0.155 e. The molecule has 0 aliphatic carbocycles. The number of thioether (sulfide) groups is 1. The van der Waals surface area contributed by atoms with E-state index in [4.69, 9.17) is 5.41 Å². The van der Waals surface area contributed by atoms with Gasteiger partial charge in [-0.25, -0.2) is 4.98 Å². The van der Waals surface area contributed by atoms with Crippen LogP contribution >= 0.6 is 11.8 Å². The largest absolute Gasteiger partial charge is 0.358 e. The van der Waals surface area contributed by atoms with Crippen LogP contribution in [0.5, 0.6) is 0 Å². The zero-order valence-electron chi connectivity index (χ0n) is 7.87. The number of hydrogen-bond acceptors (Lipinski definition) is 3. The van der Waals surface area contributed by atoms with Gasteiger partial charge in [-0.1, -0.05) is 11.8 Å². The molecule has 0 spiro atoms. The molecular weight excluding hydrogens is 184 g/mol. The number of hydrogen-bond donors (Lipinski definition) is 2. The molecule has 1 heterocycles. The fourth-order valence-electron chi connectivity index (χ4n) is 0.808. The highest BCUT2D eigenvalue weighted by Crippen LogP contribution is 2.06. The lowest BCUT2D eigenvalue weighted by atomic mass is 10.5. The van der Waals surface area contributed by atoms with Crippen LogP contribution in [0.15, 0.2) is 12.4 Å². The SMILES string of the molecule is CN(C)C(=N)SCCc1ncc[nH]1. The fourth-order valence-corrected chi connectivity index (χ4v) is 1.56. The number of aromatic amines is 1. The third-order valence-electron chi connectivity index (χ3n) is 1.54. The monoisotopic (exact) mass is 198 g/mol. The van der Waals surface area contributed by atoms with Gasteiger partial charge < -0.3 is 9.88 Å². The van der Waals surface area contributed by atoms with E-state index in [1.807, 2.05) is 20.3 Å². The third kappa shape index (κ3) is 3.50. The van der Waals surface area contributed by atoms with Crippen LogP contribution in [0.4, 0.5) is 0 Å². The molecule has 0 amide bonds. The highest BCUT2D eigenvalue weighted by molar-refractivity contribution is 8.13. The van der Waals surface area contributed by atoms with Crippen molar-refractivity contribution in [1.82, 2.24) is 14.9 Å². The maximum atomic E-state index is 7.53. The van der Waals surface area contributed by atoms with Crippen molar-refractivity contribution in [2.45, 2.75) is 6.42 Å². The molecule has 4 nitrogen and oxygen atoms in total. The van der Waals surface area contributed by atoms with Crippen LogP contribution in [0.2, 0.25) is 0 Å². The van der Waals surface area contributed by atoms with Crippen molar-refractivity contribution in [2.75, 3.05) is 19.8 Å². The van der Waals surface area contributed by atoms with E-state index in [9.17, 15) is 0 Å². The van der Waals surface area contributed by atoms with Crippen molar-refractivity contribution < 1.29 is 0 Å². The van der Waals surface area contributed by atoms with Crippen LogP contribution in [0, 0.1) is 5.41 Å². The van der Waals surface area contributed by atoms with Gasteiger partial charge in [0, 0.05) is 38.7 Å². The van der Waals surface area contributed by atoms with Gasteiger partial charge >= 0.3 is 0 Å². The molecule has 0 bridgehead atoms. The van der Waals surface area contributed by atoms with Crippen LogP contribution in [0.25, 0.3) is 0 Å². The Morgan fingerprint density at radius 1 is 1.69 bits per heavy atom. The Morgan fingerprint density at radius 2 is 2.46 bits per heavy atom. The highest BCUT2D eigenvalue weighted by atomic mass is 32.2. The minimum atomic E-state index is 0.589. The summed E-state index contributed by atoms with van der Waals surface area (Å²) in [5, 5.41) is 8.12. The summed E-state index contributed by atoms with van der Waals surface area (Å²) < 4.78 is 0. The molecule has 0 aliphatic rings. The Morgan fingerprint density at radius 3 is 3.00 bits per heavy atom. The third-order valence-corrected chi connectivity index (χ3v) is 2.59. The van der Waals surface area contributed by atoms with Gasteiger partial charge in [0.15, 0.2) is 5.17 Å². The lowest BCUT2D eigenvalue weighted by Crippen LogP contribution is -2.17. The summed E-state index contributed by atoms with van der Waals surface area (Å²) in [6, 6.07) is 0. The van der Waals surface area contributed by atoms with Gasteiger partial charge in [-0.15, -0.1) is 0 Å². The number of aryl methyl sites for hydroxylation is 1. The predicted molar refractivity (Wildman–Crippen MR) is 56.2 cm³/mol. The highest BCUT2D eigenvalue weighted by Gasteiger charge is 2.00. The quantitative estimate of drug-likeness (QED) is 0.566. The molecular formula is C8H14N4S. The summed E-state index contributed by atoms with van der Waals surface area (Å²) in [4.78, 5) is 8.93. The van der Waals surface area contributed by atoms with Gasteiger partial charge in [0.05, 0.1) is 0 Å². The lowest BCUT2D eigenvalue weighted by Gasteiger charge is -2.11. The van der Waals surface area contributed by atoms with Crippen molar-refractivity contribution in [3.8, 4) is 0 Å². The van der Waals surface area contributed by atoms with Crippen molar-refractivity contribution in [3.63, 3.8) is 0 Å². The zero-order chi connectivity index (χ0) is 9.68. The summed E-state index contributed by atoms with van der Waals surface area (Å²) in [5.74, 6) is 1.88. The van der Waals surface area contributed by atoms with Gasteiger partial charge in [-0.2, -0.15) is 0 Å². The maximum absolute atomic E-state index is 7.53. The molecule has 1 rings (SSSR count). The normalized spacial score (nSPS) is 10.0. The average Bonchev–Trinajstić information content (AvgIpc) is 2.56. The minimum absolute atomic E-state index is 0.589. The van der Waals surface area contributed by atoms with E-state index >= 15 is 0 Å². The molecule has 5 heteroatoms. The van der Waals surface area contributed by atoms with Gasteiger partial charge in [-0.05, 0) is 0 Å². The number of nitrogens with one attached hydrogen (secondary N) is 2. The van der Waals surface area contributed by atoms with Crippen molar-refractivity contribution in [1.29, 1.82) is 5.41 Å². The average molecular weight is 198 g/mol. The molecule has 2 N–H and O–H groups in total. The van der Waals surface area contributed by atoms with Crippen LogP contribution in [-0.2, 0) is 6.42 Å². The summed E-state index contributed by atoms with van der Waals surface area (Å²) in [6.45, 7) is 0. The van der Waals surface area contributed by atoms with Crippen LogP contribution in [0.1, 0.15) is 5.82 Å². The minimum Gasteiger partial charge on any atom is -0.358 e. The van der Waals surface area contributed by atoms with E-state index < -0.39 is 0 Å². The number of nitrogens with zero attached hydrogens (tertiary/aromatic N) is 2. The Balaban J connectivity index is 2.18. The number of rotatable bonds is 3. The van der Waals surface area contributed by atoms with E-state index in [0.717, 1.165) is 18.0 Å². The first-order valence-corrected chi connectivity index (χ1v) is 5.05. The summed E-state index contributed by atoms with van der Waals surface area (Å²) in [5.41, 5.74) is 0. The summed E-state index contributed by atoms with van der Waals surface area (Å²) >= 11 is 1.53. The molecule has 0 aromatic carbocycles. The summed E-state index contributed by atoms with van der Waals surface area (Å²) in [7, 11) is 3.75. The number of amidine groups is 1. The van der Waals surface area contributed by atoms with E-state index in [-0.39, 0.29) is 0 Å². The lowest BCUT2D eigenvalue weighted by molar-refractivity contribution is 0.632.